The van der Waals surface area contributed by atoms with Gasteiger partial charge in [0.05, 0.1) is 11.4 Å². The van der Waals surface area contributed by atoms with Crippen LogP contribution >= 0.6 is 0 Å². The summed E-state index contributed by atoms with van der Waals surface area (Å²) in [6, 6.07) is 9.50. The van der Waals surface area contributed by atoms with E-state index in [4.69, 9.17) is 0 Å². The van der Waals surface area contributed by atoms with Gasteiger partial charge in [0.25, 0.3) is 0 Å². The first-order valence-corrected chi connectivity index (χ1v) is 7.30. The molecule has 0 aliphatic carbocycles. The Morgan fingerprint density at radius 2 is 1.74 bits per heavy atom. The van der Waals surface area contributed by atoms with Crippen molar-refractivity contribution in [3.63, 3.8) is 0 Å². The first-order chi connectivity index (χ1) is 11.0. The highest BCUT2D eigenvalue weighted by molar-refractivity contribution is 5.96. The summed E-state index contributed by atoms with van der Waals surface area (Å²) in [6.45, 7) is 5.84. The molecule has 0 radical (unpaired) electrons. The van der Waals surface area contributed by atoms with E-state index in [9.17, 15) is 9.90 Å². The second-order valence-electron chi connectivity index (χ2n) is 5.53. The third-order valence-electron chi connectivity index (χ3n) is 4.02. The van der Waals surface area contributed by atoms with Crippen molar-refractivity contribution in [1.82, 2.24) is 14.8 Å². The SMILES string of the molecule is Cc1ccc(-n2nc(-c3ccncc3)c(C(=O)O)c2C)cc1C. The van der Waals surface area contributed by atoms with Crippen LogP contribution in [0.1, 0.15) is 27.2 Å². The highest BCUT2D eigenvalue weighted by atomic mass is 16.4. The van der Waals surface area contributed by atoms with Crippen LogP contribution in [-0.2, 0) is 0 Å². The van der Waals surface area contributed by atoms with Gasteiger partial charge >= 0.3 is 5.97 Å². The highest BCUT2D eigenvalue weighted by Gasteiger charge is 2.22. The minimum atomic E-state index is -0.982. The number of pyridine rings is 1. The molecule has 0 spiro atoms. The number of carbonyl (C=O) groups is 1. The maximum Gasteiger partial charge on any atom is 0.339 e. The van der Waals surface area contributed by atoms with Gasteiger partial charge in [-0.25, -0.2) is 9.48 Å². The molecule has 1 aromatic carbocycles. The molecule has 0 unspecified atom stereocenters. The molecule has 0 aliphatic rings. The summed E-state index contributed by atoms with van der Waals surface area (Å²) in [5, 5.41) is 14.1. The van der Waals surface area contributed by atoms with E-state index < -0.39 is 5.97 Å². The molecule has 0 fully saturated rings. The van der Waals surface area contributed by atoms with E-state index in [-0.39, 0.29) is 5.56 Å². The summed E-state index contributed by atoms with van der Waals surface area (Å²) >= 11 is 0. The minimum absolute atomic E-state index is 0.217. The Balaban J connectivity index is 2.23. The summed E-state index contributed by atoms with van der Waals surface area (Å²) in [5.41, 5.74) is 5.19. The molecule has 0 aliphatic heterocycles. The predicted octanol–water partition coefficient (Wildman–Crippen LogP) is 3.56. The van der Waals surface area contributed by atoms with E-state index in [0.29, 0.717) is 11.4 Å². The molecule has 3 aromatic rings. The smallest absolute Gasteiger partial charge is 0.339 e. The lowest BCUT2D eigenvalue weighted by atomic mass is 10.1. The van der Waals surface area contributed by atoms with Crippen molar-refractivity contribution in [2.24, 2.45) is 0 Å². The molecule has 2 aromatic heterocycles. The molecule has 5 nitrogen and oxygen atoms in total. The van der Waals surface area contributed by atoms with Crippen LogP contribution in [0.4, 0.5) is 0 Å². The normalized spacial score (nSPS) is 10.7. The third kappa shape index (κ3) is 2.61. The molecule has 0 saturated heterocycles. The summed E-state index contributed by atoms with van der Waals surface area (Å²) in [4.78, 5) is 15.7. The predicted molar refractivity (Wildman–Crippen MR) is 88.0 cm³/mol. The third-order valence-corrected chi connectivity index (χ3v) is 4.02. The largest absolute Gasteiger partial charge is 0.478 e. The number of hydrogen-bond acceptors (Lipinski definition) is 3. The lowest BCUT2D eigenvalue weighted by molar-refractivity contribution is 0.0697. The maximum atomic E-state index is 11.7. The molecule has 0 saturated carbocycles. The van der Waals surface area contributed by atoms with Gasteiger partial charge in [-0.05, 0) is 56.2 Å². The van der Waals surface area contributed by atoms with Crippen LogP contribution in [0.2, 0.25) is 0 Å². The van der Waals surface area contributed by atoms with E-state index in [1.807, 2.05) is 32.0 Å². The fraction of sp³-hybridized carbons (Fsp3) is 0.167. The van der Waals surface area contributed by atoms with Crippen molar-refractivity contribution < 1.29 is 9.90 Å². The molecule has 3 rings (SSSR count). The number of carboxylic acid groups (broad SMARTS) is 1. The van der Waals surface area contributed by atoms with Gasteiger partial charge in [0.1, 0.15) is 11.3 Å². The van der Waals surface area contributed by atoms with Crippen molar-refractivity contribution in [3.8, 4) is 16.9 Å². The number of aromatic carboxylic acids is 1. The van der Waals surface area contributed by atoms with Crippen molar-refractivity contribution in [2.45, 2.75) is 20.8 Å². The number of aromatic nitrogens is 3. The van der Waals surface area contributed by atoms with E-state index in [1.165, 1.54) is 5.56 Å². The number of aryl methyl sites for hydroxylation is 2. The van der Waals surface area contributed by atoms with E-state index in [1.54, 1.807) is 36.1 Å². The number of benzene rings is 1. The van der Waals surface area contributed by atoms with Crippen molar-refractivity contribution in [1.29, 1.82) is 0 Å². The van der Waals surface area contributed by atoms with Crippen LogP contribution in [-0.4, -0.2) is 25.8 Å². The van der Waals surface area contributed by atoms with Gasteiger partial charge in [0.15, 0.2) is 0 Å². The fourth-order valence-electron chi connectivity index (χ4n) is 2.58. The lowest BCUT2D eigenvalue weighted by Crippen LogP contribution is -2.03. The van der Waals surface area contributed by atoms with Crippen LogP contribution in [0.5, 0.6) is 0 Å². The lowest BCUT2D eigenvalue weighted by Gasteiger charge is -2.07. The van der Waals surface area contributed by atoms with Gasteiger partial charge in [-0.15, -0.1) is 0 Å². The summed E-state index contributed by atoms with van der Waals surface area (Å²) in [7, 11) is 0. The first kappa shape index (κ1) is 15.0. The second-order valence-corrected chi connectivity index (χ2v) is 5.53. The van der Waals surface area contributed by atoms with Gasteiger partial charge in [-0.3, -0.25) is 4.98 Å². The van der Waals surface area contributed by atoms with E-state index in [2.05, 4.69) is 10.1 Å². The molecule has 2 heterocycles. The zero-order valence-corrected chi connectivity index (χ0v) is 13.2. The molecule has 23 heavy (non-hydrogen) atoms. The quantitative estimate of drug-likeness (QED) is 0.803. The van der Waals surface area contributed by atoms with Gasteiger partial charge in [-0.1, -0.05) is 6.07 Å². The monoisotopic (exact) mass is 307 g/mol. The highest BCUT2D eigenvalue weighted by Crippen LogP contribution is 2.27. The summed E-state index contributed by atoms with van der Waals surface area (Å²) in [6.07, 6.45) is 3.26. The first-order valence-electron chi connectivity index (χ1n) is 7.30. The topological polar surface area (TPSA) is 68.0 Å². The Morgan fingerprint density at radius 3 is 2.35 bits per heavy atom. The van der Waals surface area contributed by atoms with Crippen LogP contribution in [0.3, 0.4) is 0 Å². The molecule has 1 N–H and O–H groups in total. The maximum absolute atomic E-state index is 11.7. The Kier molecular flexibility index (Phi) is 3.70. The average molecular weight is 307 g/mol. The van der Waals surface area contributed by atoms with E-state index in [0.717, 1.165) is 16.8 Å². The number of rotatable bonds is 3. The van der Waals surface area contributed by atoms with Gasteiger partial charge < -0.3 is 5.11 Å². The Labute approximate surface area is 134 Å². The Bertz CT molecular complexity index is 883. The Hall–Kier alpha value is -2.95. The van der Waals surface area contributed by atoms with Gasteiger partial charge in [0.2, 0.25) is 0 Å². The summed E-state index contributed by atoms with van der Waals surface area (Å²) in [5.74, 6) is -0.982. The van der Waals surface area contributed by atoms with E-state index >= 15 is 0 Å². The van der Waals surface area contributed by atoms with Crippen LogP contribution in [0.15, 0.2) is 42.7 Å². The van der Waals surface area contributed by atoms with Crippen molar-refractivity contribution >= 4 is 5.97 Å². The van der Waals surface area contributed by atoms with Crippen LogP contribution < -0.4 is 0 Å². The van der Waals surface area contributed by atoms with Crippen LogP contribution in [0, 0.1) is 20.8 Å². The Morgan fingerprint density at radius 1 is 1.04 bits per heavy atom. The molecule has 0 amide bonds. The molecular formula is C18H17N3O2. The molecule has 0 bridgehead atoms. The zero-order chi connectivity index (χ0) is 16.6. The van der Waals surface area contributed by atoms with Gasteiger partial charge in [-0.2, -0.15) is 5.10 Å². The van der Waals surface area contributed by atoms with Crippen LogP contribution in [0.25, 0.3) is 16.9 Å². The minimum Gasteiger partial charge on any atom is -0.478 e. The molecule has 0 atom stereocenters. The second kappa shape index (κ2) is 5.68. The molecular weight excluding hydrogens is 290 g/mol. The number of carboxylic acids is 1. The van der Waals surface area contributed by atoms with Gasteiger partial charge in [0, 0.05) is 18.0 Å². The fourth-order valence-corrected chi connectivity index (χ4v) is 2.58. The standard InChI is InChI=1S/C18H17N3O2/c1-11-4-5-15(10-12(11)2)21-13(3)16(18(22)23)17(20-21)14-6-8-19-9-7-14/h4-10H,1-3H3,(H,22,23). The zero-order valence-electron chi connectivity index (χ0n) is 13.2. The molecule has 5 heteroatoms. The summed E-state index contributed by atoms with van der Waals surface area (Å²) < 4.78 is 1.69. The average Bonchev–Trinajstić information content (AvgIpc) is 2.88. The van der Waals surface area contributed by atoms with Crippen molar-refractivity contribution in [2.75, 3.05) is 0 Å². The molecule has 116 valence electrons. The number of hydrogen-bond donors (Lipinski definition) is 1. The number of nitrogens with zero attached hydrogens (tertiary/aromatic N) is 3. The van der Waals surface area contributed by atoms with Crippen molar-refractivity contribution in [3.05, 3.63) is 65.1 Å².